The SMILES string of the molecule is CC[C@H](C)[C@H](NC(=O)[C@H](Cc1ccc(O)cc1)NC(=O)[C@@H](NC(=O)[C@H](CCCN=C(N)N)NC(=O)[C@H](CC(=O)O)NC(=O)c1ccccc1OC(C)=O)C(C)C)C(=O)N[C@@H](Cc1cnc[nH]1)C(=O)N1CCC[C@H]1C(=O)N[C@@H](Cc1ccccc1)C(=O)O. The number of carbonyl (C=O) groups excluding carboxylic acids is 9. The van der Waals surface area contributed by atoms with E-state index in [4.69, 9.17) is 16.2 Å². The van der Waals surface area contributed by atoms with Gasteiger partial charge in [-0.2, -0.15) is 0 Å². The van der Waals surface area contributed by atoms with E-state index in [9.17, 15) is 68.1 Å². The fourth-order valence-electron chi connectivity index (χ4n) is 9.54. The zero-order chi connectivity index (χ0) is 63.9. The van der Waals surface area contributed by atoms with Gasteiger partial charge < -0.3 is 78.6 Å². The van der Waals surface area contributed by atoms with Crippen LogP contribution in [0.1, 0.15) is 100 Å². The Morgan fingerprint density at radius 2 is 1.30 bits per heavy atom. The van der Waals surface area contributed by atoms with Crippen molar-refractivity contribution in [1.82, 2.24) is 52.1 Å². The van der Waals surface area contributed by atoms with Gasteiger partial charge in [-0.3, -0.25) is 52.9 Å². The summed E-state index contributed by atoms with van der Waals surface area (Å²) in [6.45, 7) is 7.77. The van der Waals surface area contributed by atoms with Crippen molar-refractivity contribution in [3.8, 4) is 11.5 Å². The van der Waals surface area contributed by atoms with Crippen LogP contribution in [0.25, 0.3) is 0 Å². The van der Waals surface area contributed by atoms with Gasteiger partial charge in [-0.05, 0) is 72.9 Å². The number of rotatable bonds is 32. The number of amides is 8. The monoisotopic (exact) mass is 1210 g/mol. The number of guanidine groups is 1. The second kappa shape index (κ2) is 33.0. The zero-order valence-corrected chi connectivity index (χ0v) is 48.9. The number of hydrogen-bond acceptors (Lipinski definition) is 15. The molecule has 15 N–H and O–H groups in total. The Morgan fingerprint density at radius 3 is 1.92 bits per heavy atom. The number of H-pyrrole nitrogens is 1. The molecule has 1 aliphatic rings. The van der Waals surface area contributed by atoms with Gasteiger partial charge in [0, 0.05) is 51.2 Å². The minimum atomic E-state index is -1.80. The van der Waals surface area contributed by atoms with Crippen molar-refractivity contribution >= 4 is 71.1 Å². The fourth-order valence-corrected chi connectivity index (χ4v) is 9.54. The van der Waals surface area contributed by atoms with Crippen LogP contribution >= 0.6 is 0 Å². The molecule has 1 aliphatic heterocycles. The van der Waals surface area contributed by atoms with Crippen LogP contribution in [0.3, 0.4) is 0 Å². The third kappa shape index (κ3) is 21.0. The number of imidazole rings is 1. The number of nitrogens with one attached hydrogen (secondary N) is 8. The van der Waals surface area contributed by atoms with E-state index in [-0.39, 0.29) is 74.6 Å². The van der Waals surface area contributed by atoms with E-state index in [2.05, 4.69) is 52.2 Å². The summed E-state index contributed by atoms with van der Waals surface area (Å²) in [5.41, 5.74) is 12.3. The van der Waals surface area contributed by atoms with Crippen molar-refractivity contribution in [2.45, 2.75) is 141 Å². The van der Waals surface area contributed by atoms with E-state index in [0.717, 1.165) is 6.92 Å². The van der Waals surface area contributed by atoms with E-state index in [1.807, 2.05) is 0 Å². The zero-order valence-electron chi connectivity index (χ0n) is 48.9. The predicted octanol–water partition coefficient (Wildman–Crippen LogP) is 0.0819. The number of para-hydroxylation sites is 1. The number of aromatic amines is 1. The number of likely N-dealkylation sites (tertiary alicyclic amines) is 1. The number of carboxylic acids is 2. The highest BCUT2D eigenvalue weighted by Gasteiger charge is 2.41. The lowest BCUT2D eigenvalue weighted by molar-refractivity contribution is -0.145. The molecule has 0 radical (unpaired) electrons. The van der Waals surface area contributed by atoms with Crippen LogP contribution in [0.4, 0.5) is 0 Å². The largest absolute Gasteiger partial charge is 0.508 e. The molecule has 5 rings (SSSR count). The Labute approximate surface area is 501 Å². The molecular formula is C59H77N13O15. The highest BCUT2D eigenvalue weighted by Crippen LogP contribution is 2.22. The second-order valence-electron chi connectivity index (χ2n) is 21.4. The molecule has 2 heterocycles. The third-order valence-electron chi connectivity index (χ3n) is 14.3. The van der Waals surface area contributed by atoms with Gasteiger partial charge in [0.05, 0.1) is 18.3 Å². The van der Waals surface area contributed by atoms with E-state index >= 15 is 0 Å². The standard InChI is InChI=1S/C59H77N13O15/c1-6-33(4)49(56(83)68-43(28-37-30-62-31-64-37)57(84)72-25-13-18-45(72)54(81)69-44(58(85)86)27-35-14-8-7-9-15-35)71-53(80)41(26-36-20-22-38(74)23-21-36)67-55(82)48(32(2)3)70-51(78)40(17-12-24-63-59(60)61)65-52(79)42(29-47(75)76)66-50(77)39-16-10-11-19-46(39)87-34(5)73/h7-11,14-16,19-23,30-33,40-45,48-49,74H,6,12-13,17-18,24-29H2,1-5H3,(H,62,64)(H,65,79)(H,66,77)(H,67,82)(H,68,83)(H,69,81)(H,70,78)(H,71,80)(H,75,76)(H,85,86)(H4,60,61,63)/t33-,40-,41-,42-,43-,44-,45-,48-,49-/m0/s1. The van der Waals surface area contributed by atoms with Gasteiger partial charge in [-0.15, -0.1) is 0 Å². The fraction of sp³-hybridized carbons (Fsp3) is 0.441. The van der Waals surface area contributed by atoms with E-state index in [1.54, 1.807) is 58.0 Å². The molecule has 9 atom stereocenters. The highest BCUT2D eigenvalue weighted by atomic mass is 16.5. The number of phenolic OH excluding ortho intramolecular Hbond substituents is 1. The van der Waals surface area contributed by atoms with Crippen LogP contribution in [-0.2, 0) is 67.2 Å². The third-order valence-corrected chi connectivity index (χ3v) is 14.3. The van der Waals surface area contributed by atoms with Gasteiger partial charge in [-0.1, -0.05) is 88.7 Å². The number of nitrogens with two attached hydrogens (primary N) is 2. The number of aliphatic carboxylic acids is 2. The summed E-state index contributed by atoms with van der Waals surface area (Å²) in [5, 5.41) is 48.2. The minimum absolute atomic E-state index is 0.0204. The minimum Gasteiger partial charge on any atom is -0.508 e. The van der Waals surface area contributed by atoms with Crippen molar-refractivity contribution in [2.24, 2.45) is 28.3 Å². The van der Waals surface area contributed by atoms with Crippen LogP contribution in [-0.4, -0.2) is 163 Å². The summed E-state index contributed by atoms with van der Waals surface area (Å²) in [4.78, 5) is 163. The maximum Gasteiger partial charge on any atom is 0.326 e. The number of nitrogens with zero attached hydrogens (tertiary/aromatic N) is 3. The van der Waals surface area contributed by atoms with Crippen LogP contribution in [0.5, 0.6) is 11.5 Å². The summed E-state index contributed by atoms with van der Waals surface area (Å²) in [5.74, 6) is -12.5. The molecule has 1 saturated heterocycles. The average Bonchev–Trinajstić information content (AvgIpc) is 2.63. The molecule has 1 fully saturated rings. The maximum absolute atomic E-state index is 14.8. The van der Waals surface area contributed by atoms with Gasteiger partial charge in [0.1, 0.15) is 59.8 Å². The Bertz CT molecular complexity index is 3080. The molecule has 0 saturated carbocycles. The Kier molecular flexibility index (Phi) is 25.7. The molecule has 28 heteroatoms. The molecule has 1 aromatic heterocycles. The van der Waals surface area contributed by atoms with Crippen LogP contribution in [0, 0.1) is 11.8 Å². The molecule has 0 aliphatic carbocycles. The number of benzene rings is 3. The van der Waals surface area contributed by atoms with E-state index in [1.165, 1.54) is 66.0 Å². The summed E-state index contributed by atoms with van der Waals surface area (Å²) in [6, 6.07) is 8.51. The summed E-state index contributed by atoms with van der Waals surface area (Å²) >= 11 is 0. The molecule has 3 aromatic carbocycles. The number of aromatic nitrogens is 2. The lowest BCUT2D eigenvalue weighted by Gasteiger charge is -2.32. The molecule has 0 unspecified atom stereocenters. The molecule has 468 valence electrons. The number of phenols is 1. The van der Waals surface area contributed by atoms with Gasteiger partial charge in [0.2, 0.25) is 41.4 Å². The lowest BCUT2D eigenvalue weighted by Crippen LogP contribution is -2.62. The van der Waals surface area contributed by atoms with Crippen molar-refractivity contribution < 1.29 is 72.8 Å². The molecule has 87 heavy (non-hydrogen) atoms. The smallest absolute Gasteiger partial charge is 0.326 e. The molecule has 0 bridgehead atoms. The molecule has 4 aromatic rings. The Balaban J connectivity index is 1.39. The number of ether oxygens (including phenoxy) is 1. The maximum atomic E-state index is 14.8. The normalized spacial score (nSPS) is 15.5. The number of aromatic hydroxyl groups is 1. The topological polar surface area (TPSA) is 438 Å². The lowest BCUT2D eigenvalue weighted by atomic mass is 9.96. The van der Waals surface area contributed by atoms with Crippen LogP contribution in [0.15, 0.2) is 96.4 Å². The Morgan fingerprint density at radius 1 is 0.701 bits per heavy atom. The molecular weight excluding hydrogens is 1130 g/mol. The van der Waals surface area contributed by atoms with E-state index in [0.29, 0.717) is 29.7 Å². The van der Waals surface area contributed by atoms with Crippen molar-refractivity contribution in [2.75, 3.05) is 13.1 Å². The number of hydrogen-bond donors (Lipinski definition) is 13. The summed E-state index contributed by atoms with van der Waals surface area (Å²) < 4.78 is 5.11. The predicted molar refractivity (Wildman–Crippen MR) is 314 cm³/mol. The van der Waals surface area contributed by atoms with Crippen molar-refractivity contribution in [3.63, 3.8) is 0 Å². The quantitative estimate of drug-likeness (QED) is 0.0101. The molecule has 8 amide bonds. The first-order valence-electron chi connectivity index (χ1n) is 28.4. The summed E-state index contributed by atoms with van der Waals surface area (Å²) in [6.07, 6.45) is 2.22. The number of carboxylic acid groups (broad SMARTS) is 2. The number of carbonyl (C=O) groups is 11. The van der Waals surface area contributed by atoms with Gasteiger partial charge in [-0.25, -0.2) is 9.78 Å². The van der Waals surface area contributed by atoms with Gasteiger partial charge in [0.15, 0.2) is 5.96 Å². The molecule has 0 spiro atoms. The Hall–Kier alpha value is -9.89. The first-order chi connectivity index (χ1) is 41.3. The number of esters is 1. The second-order valence-corrected chi connectivity index (χ2v) is 21.4. The average molecular weight is 1210 g/mol. The van der Waals surface area contributed by atoms with Crippen molar-refractivity contribution in [1.29, 1.82) is 0 Å². The summed E-state index contributed by atoms with van der Waals surface area (Å²) in [7, 11) is 0. The van der Waals surface area contributed by atoms with Crippen molar-refractivity contribution in [3.05, 3.63) is 114 Å². The number of aliphatic imine (C=N–C) groups is 1. The van der Waals surface area contributed by atoms with Gasteiger partial charge >= 0.3 is 17.9 Å². The van der Waals surface area contributed by atoms with Crippen LogP contribution < -0.4 is 53.4 Å². The van der Waals surface area contributed by atoms with E-state index < -0.39 is 132 Å². The van der Waals surface area contributed by atoms with Crippen LogP contribution in [0.2, 0.25) is 0 Å². The highest BCUT2D eigenvalue weighted by molar-refractivity contribution is 6.02. The first-order valence-corrected chi connectivity index (χ1v) is 28.4. The molecule has 28 nitrogen and oxygen atoms in total. The first kappa shape index (κ1) is 67.9. The van der Waals surface area contributed by atoms with Gasteiger partial charge in [0.25, 0.3) is 5.91 Å².